The van der Waals surface area contributed by atoms with Gasteiger partial charge in [-0.25, -0.2) is 18.1 Å². The topological polar surface area (TPSA) is 64.0 Å². The van der Waals surface area contributed by atoms with E-state index in [1.165, 1.54) is 0 Å². The van der Waals surface area contributed by atoms with Crippen molar-refractivity contribution in [2.45, 2.75) is 52.1 Å². The molecular weight excluding hydrogens is 342 g/mol. The van der Waals surface area contributed by atoms with Crippen LogP contribution in [-0.4, -0.2) is 29.8 Å². The Bertz CT molecular complexity index is 528. The van der Waals surface area contributed by atoms with Gasteiger partial charge in [0, 0.05) is 24.6 Å². The lowest BCUT2D eigenvalue weighted by atomic mass is 9.85. The van der Waals surface area contributed by atoms with Gasteiger partial charge in [0.05, 0.1) is 0 Å². The van der Waals surface area contributed by atoms with Crippen molar-refractivity contribution in [3.8, 4) is 0 Å². The summed E-state index contributed by atoms with van der Waals surface area (Å²) in [6.45, 7) is 9.06. The van der Waals surface area contributed by atoms with Crippen molar-refractivity contribution in [2.75, 3.05) is 11.9 Å². The molecule has 1 heterocycles. The molecule has 0 atom stereocenters. The second kappa shape index (κ2) is 7.04. The smallest absolute Gasteiger partial charge is 0.259 e. The first-order chi connectivity index (χ1) is 9.34. The normalized spacial score (nSPS) is 12.8. The molecule has 0 bridgehead atoms. The van der Waals surface area contributed by atoms with E-state index in [-0.39, 0.29) is 10.4 Å². The lowest BCUT2D eigenvalue weighted by Gasteiger charge is -2.29. The van der Waals surface area contributed by atoms with E-state index in [0.717, 1.165) is 18.2 Å². The van der Waals surface area contributed by atoms with Crippen LogP contribution in [0.1, 0.15) is 39.4 Å². The zero-order valence-electron chi connectivity index (χ0n) is 12.6. The molecule has 20 heavy (non-hydrogen) atoms. The molecule has 0 aliphatic heterocycles. The molecule has 0 saturated carbocycles. The third-order valence-electron chi connectivity index (χ3n) is 3.99. The maximum Gasteiger partial charge on any atom is 0.259 e. The number of alkyl halides is 1. The van der Waals surface area contributed by atoms with Crippen molar-refractivity contribution in [3.63, 3.8) is 0 Å². The molecule has 0 radical (unpaired) electrons. The van der Waals surface area contributed by atoms with Crippen LogP contribution < -0.4 is 4.72 Å². The Kier molecular flexibility index (Phi) is 6.22. The van der Waals surface area contributed by atoms with Gasteiger partial charge < -0.3 is 4.57 Å². The summed E-state index contributed by atoms with van der Waals surface area (Å²) >= 11 is 3.49. The zero-order valence-corrected chi connectivity index (χ0v) is 15.0. The van der Waals surface area contributed by atoms with Crippen molar-refractivity contribution in [1.29, 1.82) is 0 Å². The molecular formula is C13H24BrN3O2S. The molecule has 0 fully saturated rings. The van der Waals surface area contributed by atoms with Gasteiger partial charge in [-0.15, -0.1) is 0 Å². The van der Waals surface area contributed by atoms with E-state index in [4.69, 9.17) is 0 Å². The Hall–Kier alpha value is -0.400. The number of aryl methyl sites for hydroxylation is 2. The van der Waals surface area contributed by atoms with Gasteiger partial charge in [-0.2, -0.15) is 0 Å². The number of rotatable bonds is 8. The van der Waals surface area contributed by atoms with Gasteiger partial charge >= 0.3 is 0 Å². The number of sulfonamides is 1. The van der Waals surface area contributed by atoms with Gasteiger partial charge in [0.15, 0.2) is 5.03 Å². The molecule has 0 amide bonds. The summed E-state index contributed by atoms with van der Waals surface area (Å²) in [6, 6.07) is 0. The summed E-state index contributed by atoms with van der Waals surface area (Å²) in [7, 11) is -3.54. The van der Waals surface area contributed by atoms with Crippen LogP contribution in [-0.2, 0) is 16.6 Å². The van der Waals surface area contributed by atoms with E-state index in [0.29, 0.717) is 18.9 Å². The molecule has 0 aliphatic carbocycles. The van der Waals surface area contributed by atoms with Gasteiger partial charge in [-0.05, 0) is 32.1 Å². The Morgan fingerprint density at radius 1 is 1.35 bits per heavy atom. The fourth-order valence-corrected chi connectivity index (χ4v) is 4.14. The number of hydrogen-bond donors (Lipinski definition) is 1. The molecule has 0 saturated heterocycles. The third-order valence-corrected chi connectivity index (χ3v) is 6.45. The quantitative estimate of drug-likeness (QED) is 0.720. The largest absolute Gasteiger partial charge is 0.334 e. The summed E-state index contributed by atoms with van der Waals surface area (Å²) < 4.78 is 29.1. The zero-order chi connectivity index (χ0) is 15.4. The molecule has 0 spiro atoms. The van der Waals surface area contributed by atoms with Crippen LogP contribution in [0.5, 0.6) is 0 Å². The van der Waals surface area contributed by atoms with E-state index >= 15 is 0 Å². The summed E-state index contributed by atoms with van der Waals surface area (Å²) in [5.74, 6) is 0.714. The highest BCUT2D eigenvalue weighted by Gasteiger charge is 2.28. The molecule has 116 valence electrons. The molecule has 0 unspecified atom stereocenters. The highest BCUT2D eigenvalue weighted by molar-refractivity contribution is 9.09. The SMILES string of the molecule is CCn1cc(S(=O)(=O)NCC(CC)(CC)CBr)nc1C. The Morgan fingerprint density at radius 2 is 1.95 bits per heavy atom. The monoisotopic (exact) mass is 365 g/mol. The minimum Gasteiger partial charge on any atom is -0.334 e. The van der Waals surface area contributed by atoms with Gasteiger partial charge in [0.2, 0.25) is 0 Å². The van der Waals surface area contributed by atoms with Crippen molar-refractivity contribution < 1.29 is 8.42 Å². The second-order valence-electron chi connectivity index (χ2n) is 5.08. The first-order valence-electron chi connectivity index (χ1n) is 6.93. The summed E-state index contributed by atoms with van der Waals surface area (Å²) in [5.41, 5.74) is -0.0462. The van der Waals surface area contributed by atoms with E-state index in [9.17, 15) is 8.42 Å². The third kappa shape index (κ3) is 3.83. The first-order valence-corrected chi connectivity index (χ1v) is 9.54. The number of halogens is 1. The van der Waals surface area contributed by atoms with Crippen LogP contribution in [0.2, 0.25) is 0 Å². The Labute approximate surface area is 130 Å². The van der Waals surface area contributed by atoms with E-state index in [1.807, 2.05) is 18.4 Å². The average Bonchev–Trinajstić information content (AvgIpc) is 2.83. The van der Waals surface area contributed by atoms with Crippen LogP contribution in [0.4, 0.5) is 0 Å². The van der Waals surface area contributed by atoms with Gasteiger partial charge in [-0.1, -0.05) is 29.8 Å². The molecule has 5 nitrogen and oxygen atoms in total. The molecule has 1 N–H and O–H groups in total. The number of nitrogens with zero attached hydrogens (tertiary/aromatic N) is 2. The van der Waals surface area contributed by atoms with Gasteiger partial charge in [-0.3, -0.25) is 0 Å². The molecule has 7 heteroatoms. The lowest BCUT2D eigenvalue weighted by Crippen LogP contribution is -2.38. The standard InChI is InChI=1S/C13H24BrN3O2S/c1-5-13(6-2,9-14)10-15-20(18,19)12-8-17(7-3)11(4)16-12/h8,15H,5-7,9-10H2,1-4H3. The summed E-state index contributed by atoms with van der Waals surface area (Å²) in [5, 5.41) is 0.880. The number of hydrogen-bond acceptors (Lipinski definition) is 3. The maximum absolute atomic E-state index is 12.3. The minimum atomic E-state index is -3.54. The van der Waals surface area contributed by atoms with Crippen molar-refractivity contribution in [1.82, 2.24) is 14.3 Å². The molecule has 1 aromatic heterocycles. The van der Waals surface area contributed by atoms with Crippen molar-refractivity contribution in [3.05, 3.63) is 12.0 Å². The van der Waals surface area contributed by atoms with E-state index < -0.39 is 10.0 Å². The Morgan fingerprint density at radius 3 is 2.35 bits per heavy atom. The molecule has 1 aromatic rings. The molecule has 0 aromatic carbocycles. The highest BCUT2D eigenvalue weighted by Crippen LogP contribution is 2.28. The van der Waals surface area contributed by atoms with Crippen LogP contribution in [0.25, 0.3) is 0 Å². The minimum absolute atomic E-state index is 0.0462. The summed E-state index contributed by atoms with van der Waals surface area (Å²) in [4.78, 5) is 4.13. The molecule has 1 rings (SSSR count). The fraction of sp³-hybridized carbons (Fsp3) is 0.769. The van der Waals surface area contributed by atoms with Gasteiger partial charge in [0.1, 0.15) is 5.82 Å². The summed E-state index contributed by atoms with van der Waals surface area (Å²) in [6.07, 6.45) is 3.42. The maximum atomic E-state index is 12.3. The van der Waals surface area contributed by atoms with Crippen molar-refractivity contribution >= 4 is 26.0 Å². The number of imidazole rings is 1. The van der Waals surface area contributed by atoms with Gasteiger partial charge in [0.25, 0.3) is 10.0 Å². The first kappa shape index (κ1) is 17.7. The second-order valence-corrected chi connectivity index (χ2v) is 7.35. The Balaban J connectivity index is 2.89. The predicted molar refractivity (Wildman–Crippen MR) is 84.6 cm³/mol. The number of nitrogens with one attached hydrogen (secondary N) is 1. The lowest BCUT2D eigenvalue weighted by molar-refractivity contribution is 0.309. The average molecular weight is 366 g/mol. The van der Waals surface area contributed by atoms with Crippen LogP contribution in [0.15, 0.2) is 11.2 Å². The fourth-order valence-electron chi connectivity index (χ4n) is 1.99. The van der Waals surface area contributed by atoms with E-state index in [2.05, 4.69) is 39.5 Å². The molecule has 0 aliphatic rings. The highest BCUT2D eigenvalue weighted by atomic mass is 79.9. The number of aromatic nitrogens is 2. The van der Waals surface area contributed by atoms with Crippen LogP contribution >= 0.6 is 15.9 Å². The van der Waals surface area contributed by atoms with Crippen LogP contribution in [0.3, 0.4) is 0 Å². The van der Waals surface area contributed by atoms with Crippen LogP contribution in [0, 0.1) is 12.3 Å². The van der Waals surface area contributed by atoms with Crippen molar-refractivity contribution in [2.24, 2.45) is 5.41 Å². The van der Waals surface area contributed by atoms with E-state index in [1.54, 1.807) is 6.20 Å². The predicted octanol–water partition coefficient (Wildman–Crippen LogP) is 2.69.